The van der Waals surface area contributed by atoms with Crippen molar-refractivity contribution in [3.63, 3.8) is 0 Å². The molecule has 3 amide bonds. The van der Waals surface area contributed by atoms with E-state index in [9.17, 15) is 14.4 Å². The second kappa shape index (κ2) is 17.5. The number of amides is 3. The highest BCUT2D eigenvalue weighted by atomic mass is 16.6. The molecule has 0 aliphatic heterocycles. The van der Waals surface area contributed by atoms with Crippen molar-refractivity contribution < 1.29 is 23.9 Å². The minimum absolute atomic E-state index is 0.0432. The Bertz CT molecular complexity index is 1660. The number of alkyl carbamates (subject to hydrolysis) is 2. The quantitative estimate of drug-likeness (QED) is 0.104. The molecule has 0 saturated heterocycles. The van der Waals surface area contributed by atoms with E-state index >= 15 is 0 Å². The maximum atomic E-state index is 13.6. The van der Waals surface area contributed by atoms with Crippen LogP contribution in [0.1, 0.15) is 61.8 Å². The van der Waals surface area contributed by atoms with Crippen LogP contribution in [-0.4, -0.2) is 55.5 Å². The van der Waals surface area contributed by atoms with Crippen LogP contribution in [0.15, 0.2) is 109 Å². The minimum Gasteiger partial charge on any atom is -0.449 e. The second-order valence-corrected chi connectivity index (χ2v) is 13.6. The molecule has 0 spiro atoms. The Balaban J connectivity index is 1.22. The molecule has 9 nitrogen and oxygen atoms in total. The van der Waals surface area contributed by atoms with Gasteiger partial charge in [-0.3, -0.25) is 4.79 Å². The Morgan fingerprint density at radius 3 is 1.90 bits per heavy atom. The van der Waals surface area contributed by atoms with E-state index in [1.54, 1.807) is 0 Å². The third-order valence-corrected chi connectivity index (χ3v) is 8.56. The minimum atomic E-state index is -0.601. The van der Waals surface area contributed by atoms with Crippen molar-refractivity contribution in [2.24, 2.45) is 0 Å². The Hall–Kier alpha value is -5.15. The fraction of sp³-hybridized carbons (Fsp3) is 0.341. The van der Waals surface area contributed by atoms with Crippen molar-refractivity contribution in [2.75, 3.05) is 19.7 Å². The van der Waals surface area contributed by atoms with Gasteiger partial charge in [-0.2, -0.15) is 0 Å². The first-order valence-electron chi connectivity index (χ1n) is 17.3. The molecule has 9 heteroatoms. The van der Waals surface area contributed by atoms with E-state index in [1.165, 1.54) is 11.1 Å². The molecular formula is C41H48N4O5. The number of ether oxygens (including phenoxy) is 2. The second-order valence-electron chi connectivity index (χ2n) is 13.6. The van der Waals surface area contributed by atoms with E-state index in [2.05, 4.69) is 45.5 Å². The molecule has 1 aliphatic carbocycles. The first-order valence-corrected chi connectivity index (χ1v) is 17.3. The summed E-state index contributed by atoms with van der Waals surface area (Å²) < 4.78 is 11.2. The zero-order valence-corrected chi connectivity index (χ0v) is 29.1. The number of carbonyl (C=O) groups excluding carboxylic acids is 3. The molecule has 5 rings (SSSR count). The predicted molar refractivity (Wildman–Crippen MR) is 196 cm³/mol. The molecular weight excluding hydrogens is 628 g/mol. The van der Waals surface area contributed by atoms with Crippen LogP contribution in [-0.2, 0) is 27.2 Å². The number of benzene rings is 4. The third kappa shape index (κ3) is 10.7. The summed E-state index contributed by atoms with van der Waals surface area (Å²) in [6, 6.07) is 35.3. The summed E-state index contributed by atoms with van der Waals surface area (Å²) >= 11 is 0. The van der Waals surface area contributed by atoms with Crippen molar-refractivity contribution in [3.05, 3.63) is 131 Å². The fourth-order valence-electron chi connectivity index (χ4n) is 6.24. The van der Waals surface area contributed by atoms with Gasteiger partial charge in [0.2, 0.25) is 5.91 Å². The molecule has 4 N–H and O–H groups in total. The number of rotatable bonds is 15. The zero-order chi connectivity index (χ0) is 35.3. The molecule has 0 radical (unpaired) electrons. The summed E-state index contributed by atoms with van der Waals surface area (Å²) in [5.74, 6) is -0.205. The van der Waals surface area contributed by atoms with E-state index in [0.29, 0.717) is 32.4 Å². The van der Waals surface area contributed by atoms with Crippen LogP contribution in [0.2, 0.25) is 0 Å². The maximum Gasteiger partial charge on any atom is 0.407 e. The van der Waals surface area contributed by atoms with Gasteiger partial charge in [0.05, 0.1) is 6.04 Å². The molecule has 0 fully saturated rings. The molecule has 2 atom stereocenters. The highest BCUT2D eigenvalue weighted by Gasteiger charge is 2.29. The van der Waals surface area contributed by atoms with Gasteiger partial charge in [-0.05, 0) is 73.4 Å². The Labute approximate surface area is 295 Å². The normalized spacial score (nSPS) is 13.3. The van der Waals surface area contributed by atoms with Crippen LogP contribution in [0, 0.1) is 0 Å². The molecule has 50 heavy (non-hydrogen) atoms. The Morgan fingerprint density at radius 1 is 0.700 bits per heavy atom. The van der Waals surface area contributed by atoms with Crippen LogP contribution in [0.4, 0.5) is 9.59 Å². The van der Waals surface area contributed by atoms with Crippen LogP contribution >= 0.6 is 0 Å². The number of fused-ring (bicyclic) bond motifs is 3. The monoisotopic (exact) mass is 676 g/mol. The van der Waals surface area contributed by atoms with Gasteiger partial charge in [0.25, 0.3) is 0 Å². The first kappa shape index (κ1) is 36.1. The summed E-state index contributed by atoms with van der Waals surface area (Å²) in [4.78, 5) is 39.0. The molecule has 4 aromatic carbocycles. The maximum absolute atomic E-state index is 13.6. The number of carbonyl (C=O) groups is 3. The molecule has 1 aliphatic rings. The topological polar surface area (TPSA) is 118 Å². The first-order chi connectivity index (χ1) is 24.2. The molecule has 0 unspecified atom stereocenters. The van der Waals surface area contributed by atoms with Crippen molar-refractivity contribution in [3.8, 4) is 11.1 Å². The van der Waals surface area contributed by atoms with Gasteiger partial charge >= 0.3 is 12.2 Å². The van der Waals surface area contributed by atoms with Gasteiger partial charge in [-0.15, -0.1) is 0 Å². The third-order valence-electron chi connectivity index (χ3n) is 8.56. The number of nitrogens with one attached hydrogen (secondary N) is 4. The lowest BCUT2D eigenvalue weighted by atomic mass is 9.98. The summed E-state index contributed by atoms with van der Waals surface area (Å²) in [6.45, 7) is 6.62. The van der Waals surface area contributed by atoms with Gasteiger partial charge < -0.3 is 30.7 Å². The van der Waals surface area contributed by atoms with E-state index in [-0.39, 0.29) is 31.0 Å². The summed E-state index contributed by atoms with van der Waals surface area (Å²) in [5, 5.41) is 12.3. The van der Waals surface area contributed by atoms with Crippen molar-refractivity contribution >= 4 is 18.1 Å². The van der Waals surface area contributed by atoms with Gasteiger partial charge in [0.15, 0.2) is 0 Å². The predicted octanol–water partition coefficient (Wildman–Crippen LogP) is 6.72. The summed E-state index contributed by atoms with van der Waals surface area (Å²) in [6.07, 6.45) is 0.548. The molecule has 0 bridgehead atoms. The SMILES string of the molecule is CC(C)(C)OC(=O)NCCC[C@H](N[C@H](CNC(=O)OCC1c2ccccc2-c2ccccc21)Cc1ccccc1)C(=O)NCc1ccccc1. The number of hydrogen-bond donors (Lipinski definition) is 4. The highest BCUT2D eigenvalue weighted by molar-refractivity contribution is 5.82. The Kier molecular flexibility index (Phi) is 12.6. The zero-order valence-electron chi connectivity index (χ0n) is 29.1. The van der Waals surface area contributed by atoms with E-state index in [4.69, 9.17) is 9.47 Å². The molecule has 0 aromatic heterocycles. The van der Waals surface area contributed by atoms with Gasteiger partial charge in [-0.25, -0.2) is 9.59 Å². The average molecular weight is 677 g/mol. The van der Waals surface area contributed by atoms with Crippen LogP contribution in [0.5, 0.6) is 0 Å². The smallest absolute Gasteiger partial charge is 0.407 e. The molecule has 0 saturated carbocycles. The Morgan fingerprint density at radius 2 is 1.28 bits per heavy atom. The van der Waals surface area contributed by atoms with Crippen molar-refractivity contribution in [1.82, 2.24) is 21.3 Å². The van der Waals surface area contributed by atoms with Gasteiger partial charge in [0.1, 0.15) is 12.2 Å². The van der Waals surface area contributed by atoms with Crippen LogP contribution < -0.4 is 21.3 Å². The van der Waals surface area contributed by atoms with E-state index < -0.39 is 23.8 Å². The van der Waals surface area contributed by atoms with E-state index in [0.717, 1.165) is 22.3 Å². The highest BCUT2D eigenvalue weighted by Crippen LogP contribution is 2.44. The van der Waals surface area contributed by atoms with Crippen molar-refractivity contribution in [1.29, 1.82) is 0 Å². The van der Waals surface area contributed by atoms with Gasteiger partial charge in [0, 0.05) is 31.6 Å². The fourth-order valence-corrected chi connectivity index (χ4v) is 6.24. The van der Waals surface area contributed by atoms with E-state index in [1.807, 2.05) is 106 Å². The summed E-state index contributed by atoms with van der Waals surface area (Å²) in [7, 11) is 0. The lowest BCUT2D eigenvalue weighted by Crippen LogP contribution is -2.52. The lowest BCUT2D eigenvalue weighted by molar-refractivity contribution is -0.123. The lowest BCUT2D eigenvalue weighted by Gasteiger charge is -2.26. The average Bonchev–Trinajstić information content (AvgIpc) is 3.43. The molecule has 0 heterocycles. The summed E-state index contributed by atoms with van der Waals surface area (Å²) in [5.41, 5.74) is 6.09. The van der Waals surface area contributed by atoms with Crippen LogP contribution in [0.25, 0.3) is 11.1 Å². The van der Waals surface area contributed by atoms with Gasteiger partial charge in [-0.1, -0.05) is 109 Å². The molecule has 4 aromatic rings. The largest absolute Gasteiger partial charge is 0.449 e. The van der Waals surface area contributed by atoms with Crippen LogP contribution in [0.3, 0.4) is 0 Å². The van der Waals surface area contributed by atoms with Crippen molar-refractivity contribution in [2.45, 2.75) is 70.2 Å². The molecule has 262 valence electrons. The standard InChI is InChI=1S/C41H48N4O5/c1-41(2,3)50-40(48)42-24-14-23-37(38(46)43-26-30-17-8-5-9-18-30)45-31(25-29-15-6-4-7-16-29)27-44-39(47)49-28-36-34-21-12-10-19-32(34)33-20-11-13-22-35(33)36/h4-13,15-22,31,36-37,45H,14,23-28H2,1-3H3,(H,42,48)(H,43,46)(H,44,47)/t31-,37-/m0/s1. The number of hydrogen-bond acceptors (Lipinski definition) is 6.